The molecule has 0 aliphatic carbocycles. The maximum Gasteiger partial charge on any atom is 0.341 e. The monoisotopic (exact) mass is 434 g/mol. The fraction of sp³-hybridized carbons (Fsp3) is 0.381. The number of anilines is 1. The molecule has 0 aliphatic heterocycles. The molecule has 9 heteroatoms. The van der Waals surface area contributed by atoms with E-state index in [1.54, 1.807) is 32.2 Å². The van der Waals surface area contributed by atoms with Gasteiger partial charge in [-0.25, -0.2) is 4.79 Å². The summed E-state index contributed by atoms with van der Waals surface area (Å²) in [5.41, 5.74) is 1.89. The van der Waals surface area contributed by atoms with Crippen molar-refractivity contribution in [2.45, 2.75) is 27.7 Å². The van der Waals surface area contributed by atoms with Crippen LogP contribution in [-0.2, 0) is 14.4 Å². The molecule has 0 aliphatic rings. The summed E-state index contributed by atoms with van der Waals surface area (Å²) in [6, 6.07) is 5.32. The van der Waals surface area contributed by atoms with E-state index in [9.17, 15) is 9.59 Å². The molecule has 0 radical (unpaired) electrons. The summed E-state index contributed by atoms with van der Waals surface area (Å²) in [7, 11) is 1.55. The second-order valence-corrected chi connectivity index (χ2v) is 7.33. The molecule has 8 nitrogen and oxygen atoms in total. The number of methoxy groups -OCH3 is 1. The predicted molar refractivity (Wildman–Crippen MR) is 116 cm³/mol. The zero-order valence-electron chi connectivity index (χ0n) is 17.7. The Morgan fingerprint density at radius 2 is 1.93 bits per heavy atom. The number of nitrogens with zero attached hydrogens (tertiary/aromatic N) is 1. The minimum Gasteiger partial charge on any atom is -0.493 e. The highest BCUT2D eigenvalue weighted by Crippen LogP contribution is 2.33. The smallest absolute Gasteiger partial charge is 0.341 e. The molecule has 1 heterocycles. The van der Waals surface area contributed by atoms with Gasteiger partial charge in [0.05, 0.1) is 32.1 Å². The lowest BCUT2D eigenvalue weighted by Gasteiger charge is -2.09. The number of benzene rings is 1. The molecule has 0 atom stereocenters. The number of carbonyl (C=O) groups is 2. The molecule has 0 unspecified atom stereocenters. The van der Waals surface area contributed by atoms with E-state index in [0.717, 1.165) is 16.0 Å². The molecule has 162 valence electrons. The first-order chi connectivity index (χ1) is 14.4. The van der Waals surface area contributed by atoms with E-state index < -0.39 is 11.9 Å². The summed E-state index contributed by atoms with van der Waals surface area (Å²) in [5.74, 6) is 0.325. The summed E-state index contributed by atoms with van der Waals surface area (Å²) in [6.07, 6.45) is 1.47. The van der Waals surface area contributed by atoms with Crippen molar-refractivity contribution in [2.75, 3.05) is 32.2 Å². The Kier molecular flexibility index (Phi) is 8.67. The summed E-state index contributed by atoms with van der Waals surface area (Å²) in [6.45, 7) is 7.81. The van der Waals surface area contributed by atoms with Gasteiger partial charge in [-0.1, -0.05) is 5.16 Å². The molecular formula is C21H26N2O6S. The van der Waals surface area contributed by atoms with Gasteiger partial charge in [0.2, 0.25) is 0 Å². The van der Waals surface area contributed by atoms with Crippen LogP contribution in [-0.4, -0.2) is 45.0 Å². The van der Waals surface area contributed by atoms with Gasteiger partial charge in [-0.05, 0) is 51.5 Å². The molecule has 1 aromatic heterocycles. The molecular weight excluding hydrogens is 408 g/mol. The molecule has 0 fully saturated rings. The Bertz CT molecular complexity index is 922. The number of esters is 1. The minimum atomic E-state index is -0.460. The van der Waals surface area contributed by atoms with Gasteiger partial charge in [0, 0.05) is 10.4 Å². The van der Waals surface area contributed by atoms with Gasteiger partial charge in [-0.15, -0.1) is 11.3 Å². The lowest BCUT2D eigenvalue weighted by atomic mass is 10.1. The van der Waals surface area contributed by atoms with Crippen LogP contribution in [0.1, 0.15) is 40.2 Å². The zero-order valence-corrected chi connectivity index (χ0v) is 18.6. The maximum atomic E-state index is 12.2. The number of oxime groups is 1. The molecule has 0 saturated heterocycles. The van der Waals surface area contributed by atoms with E-state index in [1.165, 1.54) is 17.6 Å². The molecule has 1 N–H and O–H groups in total. The fourth-order valence-electron chi connectivity index (χ4n) is 2.56. The van der Waals surface area contributed by atoms with Crippen molar-refractivity contribution in [3.05, 3.63) is 39.8 Å². The lowest BCUT2D eigenvalue weighted by molar-refractivity contribution is -0.120. The van der Waals surface area contributed by atoms with Gasteiger partial charge in [-0.3, -0.25) is 4.79 Å². The number of hydrogen-bond acceptors (Lipinski definition) is 8. The van der Waals surface area contributed by atoms with Crippen LogP contribution in [0, 0.1) is 13.8 Å². The summed E-state index contributed by atoms with van der Waals surface area (Å²) >= 11 is 1.32. The van der Waals surface area contributed by atoms with E-state index in [1.807, 2.05) is 20.8 Å². The van der Waals surface area contributed by atoms with Crippen molar-refractivity contribution in [1.29, 1.82) is 0 Å². The van der Waals surface area contributed by atoms with E-state index in [4.69, 9.17) is 19.0 Å². The molecule has 30 heavy (non-hydrogen) atoms. The number of hydrogen-bond donors (Lipinski definition) is 1. The molecule has 0 spiro atoms. The van der Waals surface area contributed by atoms with E-state index in [2.05, 4.69) is 10.5 Å². The summed E-state index contributed by atoms with van der Waals surface area (Å²) < 4.78 is 15.8. The van der Waals surface area contributed by atoms with Gasteiger partial charge in [-0.2, -0.15) is 0 Å². The molecule has 1 amide bonds. The lowest BCUT2D eigenvalue weighted by Crippen LogP contribution is -2.18. The first-order valence-electron chi connectivity index (χ1n) is 9.44. The van der Waals surface area contributed by atoms with E-state index in [0.29, 0.717) is 28.7 Å². The zero-order chi connectivity index (χ0) is 22.1. The third-order valence-electron chi connectivity index (χ3n) is 4.08. The highest BCUT2D eigenvalue weighted by Gasteiger charge is 2.22. The number of ether oxygens (including phenoxy) is 3. The van der Waals surface area contributed by atoms with Crippen molar-refractivity contribution >= 4 is 34.4 Å². The molecule has 0 bridgehead atoms. The number of nitrogens with one attached hydrogen (secondary N) is 1. The quantitative estimate of drug-likeness (QED) is 0.346. The first kappa shape index (κ1) is 23.2. The Balaban J connectivity index is 1.96. The van der Waals surface area contributed by atoms with E-state index in [-0.39, 0.29) is 13.2 Å². The predicted octanol–water partition coefficient (Wildman–Crippen LogP) is 3.94. The number of thiophene rings is 1. The molecule has 2 rings (SSSR count). The summed E-state index contributed by atoms with van der Waals surface area (Å²) in [4.78, 5) is 30.4. The van der Waals surface area contributed by atoms with Crippen LogP contribution >= 0.6 is 11.3 Å². The third-order valence-corrected chi connectivity index (χ3v) is 5.20. The van der Waals surface area contributed by atoms with Crippen LogP contribution < -0.4 is 14.8 Å². The van der Waals surface area contributed by atoms with Crippen molar-refractivity contribution in [3.8, 4) is 11.5 Å². The van der Waals surface area contributed by atoms with Gasteiger partial charge < -0.3 is 24.4 Å². The van der Waals surface area contributed by atoms with Crippen LogP contribution in [0.5, 0.6) is 11.5 Å². The second kappa shape index (κ2) is 11.2. The van der Waals surface area contributed by atoms with Crippen LogP contribution in [0.4, 0.5) is 5.00 Å². The Morgan fingerprint density at radius 3 is 2.60 bits per heavy atom. The van der Waals surface area contributed by atoms with Crippen molar-refractivity contribution in [1.82, 2.24) is 0 Å². The number of rotatable bonds is 10. The summed E-state index contributed by atoms with van der Waals surface area (Å²) in [5, 5.41) is 6.95. The topological polar surface area (TPSA) is 95.5 Å². The molecule has 2 aromatic rings. The van der Waals surface area contributed by atoms with Crippen LogP contribution in [0.15, 0.2) is 23.4 Å². The number of carbonyl (C=O) groups excluding carboxylic acids is 2. The Hall–Kier alpha value is -3.07. The fourth-order valence-corrected chi connectivity index (χ4v) is 3.62. The SMILES string of the molecule is CCOC(=O)c1c(NC(=O)CO/N=C/c2ccc(OCC)c(OC)c2)sc(C)c1C. The van der Waals surface area contributed by atoms with E-state index >= 15 is 0 Å². The van der Waals surface area contributed by atoms with Gasteiger partial charge in [0.25, 0.3) is 5.91 Å². The standard InChI is InChI=1S/C21H26N2O6S/c1-6-27-16-9-8-15(10-17(16)26-5)11-22-29-12-18(24)23-20-19(21(25)28-7-2)13(3)14(4)30-20/h8-11H,6-7,12H2,1-5H3,(H,23,24)/b22-11+. The van der Waals surface area contributed by atoms with Crippen molar-refractivity contribution in [2.24, 2.45) is 5.16 Å². The Morgan fingerprint density at radius 1 is 1.17 bits per heavy atom. The average molecular weight is 435 g/mol. The minimum absolute atomic E-state index is 0.259. The van der Waals surface area contributed by atoms with Crippen LogP contribution in [0.2, 0.25) is 0 Å². The Labute approximate surface area is 179 Å². The van der Waals surface area contributed by atoms with Gasteiger partial charge in [0.1, 0.15) is 5.00 Å². The highest BCUT2D eigenvalue weighted by atomic mass is 32.1. The molecule has 1 aromatic carbocycles. The highest BCUT2D eigenvalue weighted by molar-refractivity contribution is 7.16. The average Bonchev–Trinajstić information content (AvgIpc) is 2.99. The first-order valence-corrected chi connectivity index (χ1v) is 10.3. The number of aryl methyl sites for hydroxylation is 1. The number of amides is 1. The van der Waals surface area contributed by atoms with Gasteiger partial charge >= 0.3 is 5.97 Å². The normalized spacial score (nSPS) is 10.7. The third kappa shape index (κ3) is 5.96. The van der Waals surface area contributed by atoms with Crippen LogP contribution in [0.3, 0.4) is 0 Å². The largest absolute Gasteiger partial charge is 0.493 e. The van der Waals surface area contributed by atoms with Gasteiger partial charge in [0.15, 0.2) is 18.1 Å². The maximum absolute atomic E-state index is 12.2. The van der Waals surface area contributed by atoms with Crippen molar-refractivity contribution < 1.29 is 28.6 Å². The second-order valence-electron chi connectivity index (χ2n) is 6.11. The molecule has 0 saturated carbocycles. The van der Waals surface area contributed by atoms with Crippen molar-refractivity contribution in [3.63, 3.8) is 0 Å². The van der Waals surface area contributed by atoms with Crippen LogP contribution in [0.25, 0.3) is 0 Å².